The number of hydrogen-bond acceptors (Lipinski definition) is 4. The van der Waals surface area contributed by atoms with E-state index in [1.54, 1.807) is 6.20 Å². The molecule has 7 aromatic rings. The summed E-state index contributed by atoms with van der Waals surface area (Å²) in [5.41, 5.74) is 11.0. The van der Waals surface area contributed by atoms with Crippen LogP contribution in [0.25, 0.3) is 44.4 Å². The molecule has 0 saturated carbocycles. The number of ether oxygens (including phenoxy) is 2. The fourth-order valence-electron chi connectivity index (χ4n) is 6.16. The zero-order valence-electron chi connectivity index (χ0n) is 26.7. The van der Waals surface area contributed by atoms with Gasteiger partial charge < -0.3 is 14.0 Å². The Balaban J connectivity index is 0.00000372. The van der Waals surface area contributed by atoms with E-state index in [1.165, 1.54) is 22.3 Å². The van der Waals surface area contributed by atoms with Crippen molar-refractivity contribution in [2.24, 2.45) is 0 Å². The Morgan fingerprint density at radius 1 is 0.783 bits per heavy atom. The molecule has 0 aliphatic carbocycles. The van der Waals surface area contributed by atoms with Crippen LogP contribution in [0.5, 0.6) is 17.2 Å². The molecule has 0 bridgehead atoms. The monoisotopic (exact) mass is 785 g/mol. The van der Waals surface area contributed by atoms with Crippen LogP contribution in [-0.4, -0.2) is 25.9 Å². The smallest absolute Gasteiger partial charge is 0.509 e. The van der Waals surface area contributed by atoms with Crippen molar-refractivity contribution in [1.82, 2.24) is 19.3 Å². The van der Waals surface area contributed by atoms with E-state index in [2.05, 4.69) is 86.6 Å². The van der Waals surface area contributed by atoms with Gasteiger partial charge in [0.25, 0.3) is 0 Å². The average molecular weight is 786 g/mol. The third-order valence-corrected chi connectivity index (χ3v) is 8.52. The molecule has 6 nitrogen and oxygen atoms in total. The van der Waals surface area contributed by atoms with Gasteiger partial charge in [0.2, 0.25) is 0 Å². The van der Waals surface area contributed by atoms with Crippen LogP contribution in [0.4, 0.5) is 0 Å². The largest absolute Gasteiger partial charge is 2.00 e. The molecule has 0 saturated heterocycles. The Morgan fingerprint density at radius 3 is 2.33 bits per heavy atom. The summed E-state index contributed by atoms with van der Waals surface area (Å²) >= 11 is 0. The van der Waals surface area contributed by atoms with Gasteiger partial charge in [0, 0.05) is 40.5 Å². The fraction of sp³-hybridized carbons (Fsp3) is 0.179. The first-order valence-electron chi connectivity index (χ1n) is 15.2. The van der Waals surface area contributed by atoms with Crippen LogP contribution in [-0.2, 0) is 21.1 Å². The first-order chi connectivity index (χ1) is 21.8. The molecule has 0 atom stereocenters. The SMILES string of the molecule is CCOc1ccnc(-n2c3[c-]c(Oc4[c-]c(-n5nc(C)c(-c6cc(C)c(C)c(C)c6)c5C)ccc4)ccc3c3ccccc32)c1.[Pt+2]. The molecular formula is C39H34N4O2Pt. The molecule has 0 spiro atoms. The molecule has 7 heteroatoms. The number of nitrogens with zero attached hydrogens (tertiary/aromatic N) is 4. The van der Waals surface area contributed by atoms with Gasteiger partial charge in [-0.25, -0.2) is 4.98 Å². The molecular weight excluding hydrogens is 752 g/mol. The zero-order chi connectivity index (χ0) is 31.2. The number of rotatable bonds is 7. The summed E-state index contributed by atoms with van der Waals surface area (Å²) in [5, 5.41) is 7.10. The van der Waals surface area contributed by atoms with Crippen LogP contribution >= 0.6 is 0 Å². The minimum Gasteiger partial charge on any atom is -0.509 e. The van der Waals surface area contributed by atoms with Crippen LogP contribution in [0, 0.1) is 46.8 Å². The van der Waals surface area contributed by atoms with E-state index >= 15 is 0 Å². The third kappa shape index (κ3) is 5.52. The van der Waals surface area contributed by atoms with Crippen molar-refractivity contribution in [2.75, 3.05) is 6.61 Å². The first kappa shape index (κ1) is 31.3. The Hall–Kier alpha value is -4.67. The minimum absolute atomic E-state index is 0. The van der Waals surface area contributed by atoms with E-state index < -0.39 is 0 Å². The van der Waals surface area contributed by atoms with Gasteiger partial charge in [-0.3, -0.25) is 4.68 Å². The molecule has 0 N–H and O–H groups in total. The number of hydrogen-bond donors (Lipinski definition) is 0. The number of fused-ring (bicyclic) bond motifs is 3. The number of para-hydroxylation sites is 1. The maximum Gasteiger partial charge on any atom is 2.00 e. The summed E-state index contributed by atoms with van der Waals surface area (Å²) in [7, 11) is 0. The van der Waals surface area contributed by atoms with E-state index in [4.69, 9.17) is 14.6 Å². The molecule has 0 aliphatic heterocycles. The number of aromatic nitrogens is 4. The number of pyridine rings is 1. The quantitative estimate of drug-likeness (QED) is 0.151. The maximum absolute atomic E-state index is 6.39. The topological polar surface area (TPSA) is 54.1 Å². The van der Waals surface area contributed by atoms with Crippen LogP contribution in [0.2, 0.25) is 0 Å². The molecule has 3 aromatic heterocycles. The van der Waals surface area contributed by atoms with Crippen molar-refractivity contribution >= 4 is 21.8 Å². The average Bonchev–Trinajstić information content (AvgIpc) is 3.52. The Kier molecular flexibility index (Phi) is 8.59. The number of benzene rings is 4. The van der Waals surface area contributed by atoms with Gasteiger partial charge in [0.1, 0.15) is 11.6 Å². The van der Waals surface area contributed by atoms with Gasteiger partial charge in [-0.2, -0.15) is 17.2 Å². The van der Waals surface area contributed by atoms with Crippen molar-refractivity contribution in [3.63, 3.8) is 0 Å². The Labute approximate surface area is 283 Å². The number of aryl methyl sites for hydroxylation is 3. The van der Waals surface area contributed by atoms with Crippen molar-refractivity contribution < 1.29 is 30.5 Å². The first-order valence-corrected chi connectivity index (χ1v) is 15.2. The van der Waals surface area contributed by atoms with Crippen molar-refractivity contribution in [2.45, 2.75) is 41.5 Å². The van der Waals surface area contributed by atoms with E-state index in [0.29, 0.717) is 18.1 Å². The second-order valence-corrected chi connectivity index (χ2v) is 11.4. The summed E-state index contributed by atoms with van der Waals surface area (Å²) < 4.78 is 16.2. The standard InChI is InChI=1S/C39H34N4O2.Pt/c1-7-44-31-17-18-40-38(23-31)42-36-14-9-8-13-34(36)35-16-15-33(22-37(35)42)45-32-12-10-11-30(21-32)43-28(6)39(27(5)41-43)29-19-24(2)26(4)25(3)20-29;/h8-20,23H,7H2,1-6H3;/q-2;+2. The van der Waals surface area contributed by atoms with Crippen molar-refractivity contribution in [3.05, 3.63) is 125 Å². The summed E-state index contributed by atoms with van der Waals surface area (Å²) in [6.07, 6.45) is 1.77. The van der Waals surface area contributed by atoms with Gasteiger partial charge in [0.05, 0.1) is 12.3 Å². The van der Waals surface area contributed by atoms with E-state index in [1.807, 2.05) is 60.1 Å². The molecule has 0 unspecified atom stereocenters. The van der Waals surface area contributed by atoms with Crippen LogP contribution < -0.4 is 9.47 Å². The minimum atomic E-state index is 0. The molecule has 0 aliphatic rings. The van der Waals surface area contributed by atoms with Gasteiger partial charge in [0.15, 0.2) is 0 Å². The summed E-state index contributed by atoms with van der Waals surface area (Å²) in [5.74, 6) is 2.69. The molecule has 0 fully saturated rings. The Morgan fingerprint density at radius 2 is 1.54 bits per heavy atom. The predicted octanol–water partition coefficient (Wildman–Crippen LogP) is 9.36. The van der Waals surface area contributed by atoms with Crippen LogP contribution in [0.15, 0.2) is 85.1 Å². The van der Waals surface area contributed by atoms with Gasteiger partial charge in [-0.1, -0.05) is 35.8 Å². The Bertz CT molecular complexity index is 2210. The molecule has 7 rings (SSSR count). The molecule has 0 radical (unpaired) electrons. The normalized spacial score (nSPS) is 11.2. The molecule has 232 valence electrons. The third-order valence-electron chi connectivity index (χ3n) is 8.52. The van der Waals surface area contributed by atoms with E-state index in [-0.39, 0.29) is 21.1 Å². The summed E-state index contributed by atoms with van der Waals surface area (Å²) in [6.45, 7) is 13.2. The van der Waals surface area contributed by atoms with E-state index in [0.717, 1.165) is 56.0 Å². The van der Waals surface area contributed by atoms with Crippen LogP contribution in [0.3, 0.4) is 0 Å². The van der Waals surface area contributed by atoms with Gasteiger partial charge >= 0.3 is 21.1 Å². The molecule has 0 amide bonds. The van der Waals surface area contributed by atoms with Gasteiger partial charge in [-0.15, -0.1) is 35.7 Å². The predicted molar refractivity (Wildman–Crippen MR) is 180 cm³/mol. The molecule has 46 heavy (non-hydrogen) atoms. The summed E-state index contributed by atoms with van der Waals surface area (Å²) in [4.78, 5) is 4.68. The maximum atomic E-state index is 6.39. The van der Waals surface area contributed by atoms with E-state index in [9.17, 15) is 0 Å². The molecule has 3 heterocycles. The van der Waals surface area contributed by atoms with Gasteiger partial charge in [-0.05, 0) is 87.0 Å². The second-order valence-electron chi connectivity index (χ2n) is 11.4. The fourth-order valence-corrected chi connectivity index (χ4v) is 6.16. The zero-order valence-corrected chi connectivity index (χ0v) is 29.0. The second kappa shape index (κ2) is 12.6. The van der Waals surface area contributed by atoms with Crippen molar-refractivity contribution in [3.8, 4) is 39.9 Å². The molecule has 4 aromatic carbocycles. The summed E-state index contributed by atoms with van der Waals surface area (Å²) in [6, 6.07) is 33.5. The van der Waals surface area contributed by atoms with Crippen molar-refractivity contribution in [1.29, 1.82) is 0 Å². The van der Waals surface area contributed by atoms with Crippen LogP contribution in [0.1, 0.15) is 35.0 Å².